The van der Waals surface area contributed by atoms with Crippen molar-refractivity contribution in [3.05, 3.63) is 76.6 Å². The molecule has 3 aromatic rings. The van der Waals surface area contributed by atoms with Crippen molar-refractivity contribution in [1.29, 1.82) is 0 Å². The summed E-state index contributed by atoms with van der Waals surface area (Å²) >= 11 is 1.40. The molecular weight excluding hydrogens is 388 g/mol. The van der Waals surface area contributed by atoms with E-state index in [1.807, 2.05) is 17.5 Å². The third kappa shape index (κ3) is 3.36. The smallest absolute Gasteiger partial charge is 0.282 e. The second-order valence-corrected chi connectivity index (χ2v) is 7.15. The fourth-order valence-electron chi connectivity index (χ4n) is 3.15. The molecule has 0 aliphatic carbocycles. The number of imide groups is 1. The average Bonchev–Trinajstić information content (AvgIpc) is 3.35. The van der Waals surface area contributed by atoms with Gasteiger partial charge in [-0.2, -0.15) is 0 Å². The predicted octanol–water partition coefficient (Wildman–Crippen LogP) is 4.16. The molecule has 0 unspecified atom stereocenters. The van der Waals surface area contributed by atoms with Gasteiger partial charge < -0.3 is 14.8 Å². The second kappa shape index (κ2) is 7.81. The SMILES string of the molecule is COc1ccc(NC2=C(c3cccs3)C(=O)N(c3ccccc3OC)C2=O)cc1. The first-order valence-corrected chi connectivity index (χ1v) is 9.73. The van der Waals surface area contributed by atoms with Crippen molar-refractivity contribution in [3.8, 4) is 11.5 Å². The monoisotopic (exact) mass is 406 g/mol. The minimum absolute atomic E-state index is 0.230. The molecule has 6 nitrogen and oxygen atoms in total. The van der Waals surface area contributed by atoms with E-state index in [0.29, 0.717) is 28.4 Å². The molecule has 7 heteroatoms. The van der Waals surface area contributed by atoms with Gasteiger partial charge >= 0.3 is 0 Å². The molecule has 4 rings (SSSR count). The molecule has 0 saturated carbocycles. The number of ether oxygens (including phenoxy) is 2. The van der Waals surface area contributed by atoms with E-state index in [-0.39, 0.29) is 5.70 Å². The Kier molecular flexibility index (Phi) is 5.05. The van der Waals surface area contributed by atoms with Gasteiger partial charge in [0.1, 0.15) is 17.2 Å². The number of hydrogen-bond donors (Lipinski definition) is 1. The van der Waals surface area contributed by atoms with Gasteiger partial charge in [0.25, 0.3) is 11.8 Å². The van der Waals surface area contributed by atoms with Crippen LogP contribution in [0.25, 0.3) is 5.57 Å². The van der Waals surface area contributed by atoms with Crippen LogP contribution < -0.4 is 19.7 Å². The number of nitrogens with one attached hydrogen (secondary N) is 1. The van der Waals surface area contributed by atoms with Crippen molar-refractivity contribution < 1.29 is 19.1 Å². The fourth-order valence-corrected chi connectivity index (χ4v) is 3.92. The summed E-state index contributed by atoms with van der Waals surface area (Å²) in [4.78, 5) is 28.5. The Balaban J connectivity index is 1.78. The maximum atomic E-state index is 13.3. The zero-order chi connectivity index (χ0) is 20.4. The Bertz CT molecular complexity index is 1090. The lowest BCUT2D eigenvalue weighted by Crippen LogP contribution is -2.32. The van der Waals surface area contributed by atoms with E-state index in [1.165, 1.54) is 18.4 Å². The quantitative estimate of drug-likeness (QED) is 0.623. The highest BCUT2D eigenvalue weighted by Gasteiger charge is 2.41. The summed E-state index contributed by atoms with van der Waals surface area (Å²) in [6.07, 6.45) is 0. The fraction of sp³-hybridized carbons (Fsp3) is 0.0909. The summed E-state index contributed by atoms with van der Waals surface area (Å²) in [5.74, 6) is 0.328. The zero-order valence-corrected chi connectivity index (χ0v) is 16.7. The number of rotatable bonds is 6. The third-order valence-corrected chi connectivity index (χ3v) is 5.42. The lowest BCUT2D eigenvalue weighted by molar-refractivity contribution is -0.120. The maximum Gasteiger partial charge on any atom is 0.282 e. The van der Waals surface area contributed by atoms with Crippen LogP contribution in [0.2, 0.25) is 0 Å². The van der Waals surface area contributed by atoms with Crippen LogP contribution in [-0.4, -0.2) is 26.0 Å². The van der Waals surface area contributed by atoms with Gasteiger partial charge in [0.15, 0.2) is 0 Å². The van der Waals surface area contributed by atoms with E-state index in [1.54, 1.807) is 55.6 Å². The van der Waals surface area contributed by atoms with Crippen molar-refractivity contribution in [2.75, 3.05) is 24.4 Å². The van der Waals surface area contributed by atoms with Gasteiger partial charge in [0, 0.05) is 10.6 Å². The topological polar surface area (TPSA) is 67.9 Å². The van der Waals surface area contributed by atoms with Crippen LogP contribution in [0.4, 0.5) is 11.4 Å². The molecule has 1 N–H and O–H groups in total. The summed E-state index contributed by atoms with van der Waals surface area (Å²) in [5.41, 5.74) is 1.66. The number of nitrogens with zero attached hydrogens (tertiary/aromatic N) is 1. The Hall–Kier alpha value is -3.58. The lowest BCUT2D eigenvalue weighted by Gasteiger charge is -2.18. The maximum absolute atomic E-state index is 13.3. The number of thiophene rings is 1. The minimum atomic E-state index is -0.432. The highest BCUT2D eigenvalue weighted by atomic mass is 32.1. The van der Waals surface area contributed by atoms with E-state index in [4.69, 9.17) is 9.47 Å². The first kappa shape index (κ1) is 18.8. The first-order chi connectivity index (χ1) is 14.1. The van der Waals surface area contributed by atoms with Gasteiger partial charge in [-0.25, -0.2) is 4.90 Å². The van der Waals surface area contributed by atoms with Gasteiger partial charge in [-0.1, -0.05) is 18.2 Å². The third-order valence-electron chi connectivity index (χ3n) is 4.54. The van der Waals surface area contributed by atoms with Gasteiger partial charge in [0.2, 0.25) is 0 Å². The van der Waals surface area contributed by atoms with Crippen LogP contribution in [0.1, 0.15) is 4.88 Å². The summed E-state index contributed by atoms with van der Waals surface area (Å²) < 4.78 is 10.5. The molecule has 0 bridgehead atoms. The van der Waals surface area contributed by atoms with Crippen molar-refractivity contribution in [2.45, 2.75) is 0 Å². The molecule has 0 spiro atoms. The summed E-state index contributed by atoms with van der Waals surface area (Å²) in [5, 5.41) is 5.00. The van der Waals surface area contributed by atoms with Crippen molar-refractivity contribution in [2.24, 2.45) is 0 Å². The number of anilines is 2. The molecule has 146 valence electrons. The molecule has 0 saturated heterocycles. The highest BCUT2D eigenvalue weighted by molar-refractivity contribution is 7.11. The average molecular weight is 406 g/mol. The molecule has 0 atom stereocenters. The molecule has 1 aliphatic heterocycles. The van der Waals surface area contributed by atoms with Gasteiger partial charge in [0.05, 0.1) is 25.5 Å². The van der Waals surface area contributed by atoms with E-state index < -0.39 is 11.8 Å². The Morgan fingerprint density at radius 1 is 0.862 bits per heavy atom. The standard InChI is InChI=1S/C22H18N2O4S/c1-27-15-11-9-14(10-12-15)23-20-19(18-8-5-13-29-18)21(25)24(22(20)26)16-6-3-4-7-17(16)28-2/h3-13,23H,1-2H3. The van der Waals surface area contributed by atoms with Crippen LogP contribution in [0, 0.1) is 0 Å². The van der Waals surface area contributed by atoms with Crippen LogP contribution in [0.3, 0.4) is 0 Å². The lowest BCUT2D eigenvalue weighted by atomic mass is 10.2. The number of para-hydroxylation sites is 2. The zero-order valence-electron chi connectivity index (χ0n) is 15.8. The molecule has 2 heterocycles. The van der Waals surface area contributed by atoms with E-state index in [2.05, 4.69) is 5.32 Å². The largest absolute Gasteiger partial charge is 0.497 e. The second-order valence-electron chi connectivity index (χ2n) is 6.20. The van der Waals surface area contributed by atoms with Crippen LogP contribution in [-0.2, 0) is 9.59 Å². The van der Waals surface area contributed by atoms with Crippen molar-refractivity contribution in [3.63, 3.8) is 0 Å². The van der Waals surface area contributed by atoms with Gasteiger partial charge in [-0.15, -0.1) is 11.3 Å². The van der Waals surface area contributed by atoms with Crippen LogP contribution in [0.15, 0.2) is 71.7 Å². The van der Waals surface area contributed by atoms with Crippen LogP contribution >= 0.6 is 11.3 Å². The summed E-state index contributed by atoms with van der Waals surface area (Å²) in [6.45, 7) is 0. The van der Waals surface area contributed by atoms with E-state index in [9.17, 15) is 9.59 Å². The number of carbonyl (C=O) groups is 2. The van der Waals surface area contributed by atoms with Gasteiger partial charge in [-0.3, -0.25) is 9.59 Å². The first-order valence-electron chi connectivity index (χ1n) is 8.85. The minimum Gasteiger partial charge on any atom is -0.497 e. The van der Waals surface area contributed by atoms with Gasteiger partial charge in [-0.05, 0) is 47.8 Å². The Labute approximate surface area is 172 Å². The van der Waals surface area contributed by atoms with Crippen molar-refractivity contribution >= 4 is 40.1 Å². The number of carbonyl (C=O) groups excluding carboxylic acids is 2. The molecule has 2 aromatic carbocycles. The molecule has 0 radical (unpaired) electrons. The number of hydrogen-bond acceptors (Lipinski definition) is 6. The molecule has 2 amide bonds. The molecule has 0 fully saturated rings. The summed E-state index contributed by atoms with van der Waals surface area (Å²) in [6, 6.07) is 17.8. The van der Waals surface area contributed by atoms with E-state index in [0.717, 1.165) is 9.78 Å². The number of methoxy groups -OCH3 is 2. The van der Waals surface area contributed by atoms with Crippen LogP contribution in [0.5, 0.6) is 11.5 Å². The number of benzene rings is 2. The van der Waals surface area contributed by atoms with Crippen molar-refractivity contribution in [1.82, 2.24) is 0 Å². The molecular formula is C22H18N2O4S. The normalized spacial score (nSPS) is 13.8. The summed E-state index contributed by atoms with van der Waals surface area (Å²) in [7, 11) is 3.10. The molecule has 1 aromatic heterocycles. The molecule has 29 heavy (non-hydrogen) atoms. The predicted molar refractivity (Wildman–Crippen MR) is 113 cm³/mol. The Morgan fingerprint density at radius 2 is 1.62 bits per heavy atom. The number of amides is 2. The Morgan fingerprint density at radius 3 is 2.28 bits per heavy atom. The van der Waals surface area contributed by atoms with E-state index >= 15 is 0 Å². The highest BCUT2D eigenvalue weighted by Crippen LogP contribution is 2.38. The molecule has 1 aliphatic rings.